The molecular formula is C18H18ClN3O. The first kappa shape index (κ1) is 15.7. The Hall–Kier alpha value is -2.20. The van der Waals surface area contributed by atoms with E-state index in [0.717, 1.165) is 28.1 Å². The molecule has 0 radical (unpaired) electrons. The highest BCUT2D eigenvalue weighted by Crippen LogP contribution is 2.26. The third-order valence-corrected chi connectivity index (χ3v) is 3.84. The van der Waals surface area contributed by atoms with E-state index in [1.165, 1.54) is 0 Å². The SMILES string of the molecule is CC(C)Cc1ccc(-c2noc(Cc3cccnc3)n2)cc1Cl. The van der Waals surface area contributed by atoms with Crippen LogP contribution in [0.1, 0.15) is 30.9 Å². The van der Waals surface area contributed by atoms with Crippen molar-refractivity contribution in [3.8, 4) is 11.4 Å². The lowest BCUT2D eigenvalue weighted by Crippen LogP contribution is -1.95. The van der Waals surface area contributed by atoms with Crippen LogP contribution in [-0.4, -0.2) is 15.1 Å². The van der Waals surface area contributed by atoms with E-state index in [2.05, 4.69) is 29.0 Å². The van der Waals surface area contributed by atoms with Crippen LogP contribution in [-0.2, 0) is 12.8 Å². The van der Waals surface area contributed by atoms with Crippen molar-refractivity contribution in [2.24, 2.45) is 5.92 Å². The lowest BCUT2D eigenvalue weighted by Gasteiger charge is -2.07. The molecule has 0 N–H and O–H groups in total. The van der Waals surface area contributed by atoms with E-state index in [1.54, 1.807) is 12.4 Å². The van der Waals surface area contributed by atoms with Gasteiger partial charge in [-0.15, -0.1) is 0 Å². The minimum Gasteiger partial charge on any atom is -0.339 e. The van der Waals surface area contributed by atoms with Crippen molar-refractivity contribution in [1.82, 2.24) is 15.1 Å². The molecule has 0 aliphatic carbocycles. The molecule has 3 aromatic rings. The second-order valence-electron chi connectivity index (χ2n) is 5.95. The molecule has 0 atom stereocenters. The van der Waals surface area contributed by atoms with Crippen LogP contribution in [0.5, 0.6) is 0 Å². The minimum absolute atomic E-state index is 0.557. The zero-order chi connectivity index (χ0) is 16.2. The summed E-state index contributed by atoms with van der Waals surface area (Å²) in [6, 6.07) is 9.80. The van der Waals surface area contributed by atoms with Crippen LogP contribution in [0.25, 0.3) is 11.4 Å². The van der Waals surface area contributed by atoms with Crippen molar-refractivity contribution in [2.45, 2.75) is 26.7 Å². The maximum atomic E-state index is 6.37. The monoisotopic (exact) mass is 327 g/mol. The van der Waals surface area contributed by atoms with E-state index in [0.29, 0.717) is 24.1 Å². The average molecular weight is 328 g/mol. The second-order valence-corrected chi connectivity index (χ2v) is 6.36. The summed E-state index contributed by atoms with van der Waals surface area (Å²) in [5, 5.41) is 4.79. The normalized spacial score (nSPS) is 11.1. The van der Waals surface area contributed by atoms with Crippen LogP contribution in [0.4, 0.5) is 0 Å². The first-order valence-electron chi connectivity index (χ1n) is 7.62. The fourth-order valence-corrected chi connectivity index (χ4v) is 2.67. The molecule has 118 valence electrons. The molecule has 0 spiro atoms. The van der Waals surface area contributed by atoms with Crippen LogP contribution in [0.3, 0.4) is 0 Å². The van der Waals surface area contributed by atoms with Gasteiger partial charge in [0.15, 0.2) is 0 Å². The van der Waals surface area contributed by atoms with Gasteiger partial charge >= 0.3 is 0 Å². The molecule has 0 aliphatic rings. The topological polar surface area (TPSA) is 51.8 Å². The first-order chi connectivity index (χ1) is 11.1. The quantitative estimate of drug-likeness (QED) is 0.688. The molecule has 3 rings (SSSR count). The van der Waals surface area contributed by atoms with E-state index >= 15 is 0 Å². The van der Waals surface area contributed by atoms with Crippen molar-refractivity contribution in [1.29, 1.82) is 0 Å². The summed E-state index contributed by atoms with van der Waals surface area (Å²) >= 11 is 6.37. The molecule has 0 saturated carbocycles. The van der Waals surface area contributed by atoms with Crippen LogP contribution >= 0.6 is 11.6 Å². The Morgan fingerprint density at radius 2 is 2.09 bits per heavy atom. The van der Waals surface area contributed by atoms with E-state index in [1.807, 2.05) is 30.3 Å². The highest BCUT2D eigenvalue weighted by atomic mass is 35.5. The Morgan fingerprint density at radius 1 is 1.22 bits per heavy atom. The highest BCUT2D eigenvalue weighted by molar-refractivity contribution is 6.31. The summed E-state index contributed by atoms with van der Waals surface area (Å²) < 4.78 is 5.33. The Morgan fingerprint density at radius 3 is 2.78 bits per heavy atom. The Balaban J connectivity index is 1.79. The third-order valence-electron chi connectivity index (χ3n) is 3.49. The zero-order valence-electron chi connectivity index (χ0n) is 13.2. The maximum Gasteiger partial charge on any atom is 0.231 e. The lowest BCUT2D eigenvalue weighted by molar-refractivity contribution is 0.385. The Labute approximate surface area is 140 Å². The number of pyridine rings is 1. The van der Waals surface area contributed by atoms with Gasteiger partial charge in [-0.05, 0) is 35.6 Å². The van der Waals surface area contributed by atoms with Crippen LogP contribution in [0, 0.1) is 5.92 Å². The molecule has 0 bridgehead atoms. The van der Waals surface area contributed by atoms with Crippen molar-refractivity contribution in [3.63, 3.8) is 0 Å². The van der Waals surface area contributed by atoms with E-state index in [4.69, 9.17) is 16.1 Å². The van der Waals surface area contributed by atoms with Gasteiger partial charge < -0.3 is 4.52 Å². The van der Waals surface area contributed by atoms with Crippen molar-refractivity contribution in [3.05, 3.63) is 64.8 Å². The standard InChI is InChI=1S/C18H18ClN3O/c1-12(2)8-14-5-6-15(10-16(14)19)18-21-17(23-22-18)9-13-4-3-7-20-11-13/h3-7,10-12H,8-9H2,1-2H3. The van der Waals surface area contributed by atoms with Gasteiger partial charge in [-0.3, -0.25) is 4.98 Å². The van der Waals surface area contributed by atoms with Gasteiger partial charge in [0, 0.05) is 23.0 Å². The molecule has 1 aromatic carbocycles. The number of benzene rings is 1. The largest absolute Gasteiger partial charge is 0.339 e. The molecule has 4 nitrogen and oxygen atoms in total. The molecular weight excluding hydrogens is 310 g/mol. The van der Waals surface area contributed by atoms with Crippen molar-refractivity contribution >= 4 is 11.6 Å². The number of aromatic nitrogens is 3. The number of hydrogen-bond acceptors (Lipinski definition) is 4. The summed E-state index contributed by atoms with van der Waals surface area (Å²) in [7, 11) is 0. The second kappa shape index (κ2) is 6.92. The fourth-order valence-electron chi connectivity index (χ4n) is 2.41. The van der Waals surface area contributed by atoms with E-state index in [-0.39, 0.29) is 0 Å². The summed E-state index contributed by atoms with van der Waals surface area (Å²) in [4.78, 5) is 8.53. The summed E-state index contributed by atoms with van der Waals surface area (Å²) in [6.45, 7) is 4.35. The number of nitrogens with zero attached hydrogens (tertiary/aromatic N) is 3. The predicted octanol–water partition coefficient (Wildman–Crippen LogP) is 4.57. The van der Waals surface area contributed by atoms with Gasteiger partial charge in [0.05, 0.1) is 6.42 Å². The Kier molecular flexibility index (Phi) is 4.72. The molecule has 2 aromatic heterocycles. The molecule has 23 heavy (non-hydrogen) atoms. The van der Waals surface area contributed by atoms with Gasteiger partial charge in [-0.1, -0.05) is 48.8 Å². The molecule has 0 amide bonds. The molecule has 0 unspecified atom stereocenters. The van der Waals surface area contributed by atoms with Crippen LogP contribution < -0.4 is 0 Å². The molecule has 0 aliphatic heterocycles. The minimum atomic E-state index is 0.557. The van der Waals surface area contributed by atoms with E-state index < -0.39 is 0 Å². The van der Waals surface area contributed by atoms with Crippen molar-refractivity contribution < 1.29 is 4.52 Å². The van der Waals surface area contributed by atoms with E-state index in [9.17, 15) is 0 Å². The zero-order valence-corrected chi connectivity index (χ0v) is 13.9. The first-order valence-corrected chi connectivity index (χ1v) is 8.00. The van der Waals surface area contributed by atoms with Gasteiger partial charge in [0.1, 0.15) is 0 Å². The summed E-state index contributed by atoms with van der Waals surface area (Å²) in [6.07, 6.45) is 5.06. The third kappa shape index (κ3) is 3.96. The summed E-state index contributed by atoms with van der Waals surface area (Å²) in [5.41, 5.74) is 3.04. The highest BCUT2D eigenvalue weighted by Gasteiger charge is 2.12. The molecule has 2 heterocycles. The van der Waals surface area contributed by atoms with Gasteiger partial charge in [0.2, 0.25) is 11.7 Å². The van der Waals surface area contributed by atoms with Gasteiger partial charge in [0.25, 0.3) is 0 Å². The average Bonchev–Trinajstić information content (AvgIpc) is 2.98. The Bertz CT molecular complexity index is 784. The number of hydrogen-bond donors (Lipinski definition) is 0. The predicted molar refractivity (Wildman–Crippen MR) is 90.3 cm³/mol. The maximum absolute atomic E-state index is 6.37. The molecule has 0 fully saturated rings. The number of halogens is 1. The fraction of sp³-hybridized carbons (Fsp3) is 0.278. The molecule has 0 saturated heterocycles. The van der Waals surface area contributed by atoms with Crippen LogP contribution in [0.15, 0.2) is 47.2 Å². The lowest BCUT2D eigenvalue weighted by atomic mass is 10.0. The number of rotatable bonds is 5. The van der Waals surface area contributed by atoms with Crippen molar-refractivity contribution in [2.75, 3.05) is 0 Å². The van der Waals surface area contributed by atoms with Gasteiger partial charge in [-0.25, -0.2) is 0 Å². The summed E-state index contributed by atoms with van der Waals surface area (Å²) in [5.74, 6) is 1.69. The van der Waals surface area contributed by atoms with Crippen LogP contribution in [0.2, 0.25) is 5.02 Å². The smallest absolute Gasteiger partial charge is 0.231 e. The molecule has 5 heteroatoms. The van der Waals surface area contributed by atoms with Gasteiger partial charge in [-0.2, -0.15) is 4.98 Å².